The fraction of sp³-hybridized carbons (Fsp3) is 0.438. The van der Waals surface area contributed by atoms with Crippen molar-refractivity contribution in [3.8, 4) is 0 Å². The third-order valence-electron chi connectivity index (χ3n) is 3.97. The summed E-state index contributed by atoms with van der Waals surface area (Å²) in [5, 5.41) is 3.99. The van der Waals surface area contributed by atoms with E-state index in [-0.39, 0.29) is 12.0 Å². The van der Waals surface area contributed by atoms with Crippen LogP contribution in [-0.4, -0.2) is 30.1 Å². The molecule has 1 atom stereocenters. The van der Waals surface area contributed by atoms with Gasteiger partial charge in [0.1, 0.15) is 0 Å². The summed E-state index contributed by atoms with van der Waals surface area (Å²) in [6.07, 6.45) is 2.30. The second-order valence-electron chi connectivity index (χ2n) is 5.47. The van der Waals surface area contributed by atoms with Crippen molar-refractivity contribution in [1.29, 1.82) is 0 Å². The van der Waals surface area contributed by atoms with E-state index in [0.717, 1.165) is 47.2 Å². The Morgan fingerprint density at radius 3 is 3.05 bits per heavy atom. The molecule has 106 valence electrons. The number of ether oxygens (including phenoxy) is 1. The van der Waals surface area contributed by atoms with Crippen molar-refractivity contribution < 1.29 is 9.53 Å². The summed E-state index contributed by atoms with van der Waals surface area (Å²) >= 11 is 0. The van der Waals surface area contributed by atoms with Crippen LogP contribution in [0.25, 0.3) is 10.9 Å². The molecule has 1 amide bonds. The lowest BCUT2D eigenvalue weighted by molar-refractivity contribution is 0.0858. The van der Waals surface area contributed by atoms with Gasteiger partial charge in [-0.2, -0.15) is 0 Å². The molecule has 4 heteroatoms. The Morgan fingerprint density at radius 1 is 1.45 bits per heavy atom. The monoisotopic (exact) mass is 272 g/mol. The molecule has 1 aromatic heterocycles. The number of H-pyrrole nitrogens is 1. The maximum atomic E-state index is 12.4. The van der Waals surface area contributed by atoms with E-state index in [1.165, 1.54) is 0 Å². The lowest BCUT2D eigenvalue weighted by Gasteiger charge is -2.10. The van der Waals surface area contributed by atoms with E-state index in [9.17, 15) is 4.79 Å². The summed E-state index contributed by atoms with van der Waals surface area (Å²) in [7, 11) is 0. The number of carbonyl (C=O) groups is 1. The van der Waals surface area contributed by atoms with Gasteiger partial charge in [-0.1, -0.05) is 18.2 Å². The van der Waals surface area contributed by atoms with E-state index >= 15 is 0 Å². The number of aromatic amines is 1. The molecule has 1 fully saturated rings. The Balaban J connectivity index is 1.83. The zero-order valence-corrected chi connectivity index (χ0v) is 12.0. The normalized spacial score (nSPS) is 18.6. The van der Waals surface area contributed by atoms with Gasteiger partial charge in [-0.25, -0.2) is 0 Å². The lowest BCUT2D eigenvalue weighted by atomic mass is 10.1. The molecular weight excluding hydrogens is 252 g/mol. The lowest BCUT2D eigenvalue weighted by Crippen LogP contribution is -2.32. The summed E-state index contributed by atoms with van der Waals surface area (Å²) in [6.45, 7) is 5.40. The van der Waals surface area contributed by atoms with Gasteiger partial charge in [0.05, 0.1) is 11.7 Å². The third-order valence-corrected chi connectivity index (χ3v) is 3.97. The maximum absolute atomic E-state index is 12.4. The molecule has 3 rings (SSSR count). The van der Waals surface area contributed by atoms with Crippen molar-refractivity contribution >= 4 is 16.8 Å². The summed E-state index contributed by atoms with van der Waals surface area (Å²) in [4.78, 5) is 15.7. The molecule has 0 saturated carbocycles. The number of carbonyl (C=O) groups excluding carboxylic acids is 1. The molecule has 1 aliphatic rings. The number of para-hydroxylation sites is 1. The Hall–Kier alpha value is -1.81. The summed E-state index contributed by atoms with van der Waals surface area (Å²) in [5.74, 6) is -0.0187. The molecule has 1 aliphatic heterocycles. The highest BCUT2D eigenvalue weighted by Crippen LogP contribution is 2.24. The van der Waals surface area contributed by atoms with Crippen LogP contribution in [0.2, 0.25) is 0 Å². The molecule has 2 N–H and O–H groups in total. The Labute approximate surface area is 118 Å². The van der Waals surface area contributed by atoms with Crippen LogP contribution in [0.5, 0.6) is 0 Å². The van der Waals surface area contributed by atoms with Gasteiger partial charge in [-0.3, -0.25) is 4.79 Å². The molecule has 1 aromatic carbocycles. The zero-order chi connectivity index (χ0) is 14.1. The zero-order valence-electron chi connectivity index (χ0n) is 12.0. The van der Waals surface area contributed by atoms with Crippen LogP contribution in [0, 0.1) is 13.8 Å². The number of hydrogen-bond donors (Lipinski definition) is 2. The van der Waals surface area contributed by atoms with Crippen LogP contribution < -0.4 is 5.32 Å². The van der Waals surface area contributed by atoms with Crippen molar-refractivity contribution in [2.24, 2.45) is 0 Å². The number of benzene rings is 1. The number of aryl methyl sites for hydroxylation is 2. The minimum Gasteiger partial charge on any atom is -0.376 e. The fourth-order valence-electron chi connectivity index (χ4n) is 2.89. The van der Waals surface area contributed by atoms with E-state index in [4.69, 9.17) is 4.74 Å². The Morgan fingerprint density at radius 2 is 2.30 bits per heavy atom. The van der Waals surface area contributed by atoms with Crippen molar-refractivity contribution in [1.82, 2.24) is 10.3 Å². The van der Waals surface area contributed by atoms with Crippen molar-refractivity contribution in [2.45, 2.75) is 32.8 Å². The largest absolute Gasteiger partial charge is 0.376 e. The van der Waals surface area contributed by atoms with E-state index in [1.54, 1.807) is 0 Å². The minimum absolute atomic E-state index is 0.0187. The predicted octanol–water partition coefficient (Wildman–Crippen LogP) is 2.69. The molecule has 0 spiro atoms. The molecule has 0 radical (unpaired) electrons. The topological polar surface area (TPSA) is 54.1 Å². The first-order chi connectivity index (χ1) is 9.66. The van der Waals surface area contributed by atoms with Gasteiger partial charge in [0, 0.05) is 29.7 Å². The Kier molecular flexibility index (Phi) is 3.49. The molecule has 2 heterocycles. The number of amides is 1. The Bertz CT molecular complexity index is 639. The summed E-state index contributed by atoms with van der Waals surface area (Å²) < 4.78 is 5.53. The van der Waals surface area contributed by atoms with Crippen LogP contribution in [0.3, 0.4) is 0 Å². The van der Waals surface area contributed by atoms with Gasteiger partial charge in [-0.05, 0) is 32.3 Å². The first-order valence-corrected chi connectivity index (χ1v) is 7.14. The van der Waals surface area contributed by atoms with Crippen LogP contribution in [-0.2, 0) is 4.74 Å². The van der Waals surface area contributed by atoms with Crippen LogP contribution in [0.1, 0.15) is 34.5 Å². The van der Waals surface area contributed by atoms with E-state index in [0.29, 0.717) is 6.54 Å². The molecule has 20 heavy (non-hydrogen) atoms. The van der Waals surface area contributed by atoms with E-state index in [2.05, 4.69) is 10.3 Å². The molecule has 2 aromatic rings. The quantitative estimate of drug-likeness (QED) is 0.902. The van der Waals surface area contributed by atoms with Crippen molar-refractivity contribution in [2.75, 3.05) is 13.2 Å². The van der Waals surface area contributed by atoms with Gasteiger partial charge >= 0.3 is 0 Å². The van der Waals surface area contributed by atoms with E-state index in [1.807, 2.05) is 32.0 Å². The smallest absolute Gasteiger partial charge is 0.253 e. The van der Waals surface area contributed by atoms with E-state index < -0.39 is 0 Å². The third kappa shape index (κ3) is 2.31. The first kappa shape index (κ1) is 13.2. The van der Waals surface area contributed by atoms with Crippen LogP contribution >= 0.6 is 0 Å². The number of rotatable bonds is 3. The minimum atomic E-state index is -0.0187. The molecule has 0 bridgehead atoms. The second-order valence-corrected chi connectivity index (χ2v) is 5.47. The summed E-state index contributed by atoms with van der Waals surface area (Å²) in [6, 6.07) is 6.03. The van der Waals surface area contributed by atoms with Crippen molar-refractivity contribution in [3.05, 3.63) is 35.0 Å². The summed E-state index contributed by atoms with van der Waals surface area (Å²) in [5.41, 5.74) is 3.87. The second kappa shape index (κ2) is 5.29. The molecule has 0 aliphatic carbocycles. The van der Waals surface area contributed by atoms with Crippen molar-refractivity contribution in [3.63, 3.8) is 0 Å². The molecule has 1 unspecified atom stereocenters. The average molecular weight is 272 g/mol. The SMILES string of the molecule is Cc1[nH]c2c(C)cccc2c1C(=O)NCC1CCCO1. The van der Waals surface area contributed by atoms with Crippen LogP contribution in [0.15, 0.2) is 18.2 Å². The number of hydrogen-bond acceptors (Lipinski definition) is 2. The van der Waals surface area contributed by atoms with Gasteiger partial charge in [-0.15, -0.1) is 0 Å². The highest BCUT2D eigenvalue weighted by molar-refractivity contribution is 6.08. The van der Waals surface area contributed by atoms with Gasteiger partial charge in [0.15, 0.2) is 0 Å². The molecular formula is C16H20N2O2. The maximum Gasteiger partial charge on any atom is 0.253 e. The highest BCUT2D eigenvalue weighted by Gasteiger charge is 2.20. The number of fused-ring (bicyclic) bond motifs is 1. The standard InChI is InChI=1S/C16H20N2O2/c1-10-5-3-7-13-14(11(2)18-15(10)13)16(19)17-9-12-6-4-8-20-12/h3,5,7,12,18H,4,6,8-9H2,1-2H3,(H,17,19). The van der Waals surface area contributed by atoms with Gasteiger partial charge < -0.3 is 15.0 Å². The predicted molar refractivity (Wildman–Crippen MR) is 79.1 cm³/mol. The van der Waals surface area contributed by atoms with Gasteiger partial charge in [0.25, 0.3) is 5.91 Å². The number of aromatic nitrogens is 1. The number of nitrogens with one attached hydrogen (secondary N) is 2. The molecule has 4 nitrogen and oxygen atoms in total. The van der Waals surface area contributed by atoms with Crippen LogP contribution in [0.4, 0.5) is 0 Å². The fourth-order valence-corrected chi connectivity index (χ4v) is 2.89. The van der Waals surface area contributed by atoms with Gasteiger partial charge in [0.2, 0.25) is 0 Å². The first-order valence-electron chi connectivity index (χ1n) is 7.14. The molecule has 1 saturated heterocycles. The average Bonchev–Trinajstić information content (AvgIpc) is 3.04. The highest BCUT2D eigenvalue weighted by atomic mass is 16.5.